The molecule has 1 N–H and O–H groups in total. The van der Waals surface area contributed by atoms with Crippen LogP contribution in [-0.4, -0.2) is 27.8 Å². The van der Waals surface area contributed by atoms with E-state index < -0.39 is 16.1 Å². The molecule has 0 radical (unpaired) electrons. The monoisotopic (exact) mass is 289 g/mol. The summed E-state index contributed by atoms with van der Waals surface area (Å²) in [4.78, 5) is 0. The maximum atomic E-state index is 13.1. The van der Waals surface area contributed by atoms with E-state index in [9.17, 15) is 12.8 Å². The average molecular weight is 289 g/mol. The largest absolute Gasteiger partial charge is 0.375 e. The number of hydrogen-bond acceptors (Lipinski definition) is 3. The SMILES string of the molecule is CO[C@@H](CNS(=O)(=O)CC(C)C)c1cccc(F)c1. The first-order valence-corrected chi connectivity index (χ1v) is 7.75. The lowest BCUT2D eigenvalue weighted by molar-refractivity contribution is 0.107. The van der Waals surface area contributed by atoms with E-state index in [2.05, 4.69) is 4.72 Å². The topological polar surface area (TPSA) is 55.4 Å². The molecule has 1 atom stereocenters. The number of benzene rings is 1. The van der Waals surface area contributed by atoms with E-state index in [1.807, 2.05) is 13.8 Å². The molecule has 0 amide bonds. The van der Waals surface area contributed by atoms with Gasteiger partial charge in [-0.25, -0.2) is 17.5 Å². The fourth-order valence-electron chi connectivity index (χ4n) is 1.74. The molecule has 6 heteroatoms. The van der Waals surface area contributed by atoms with Gasteiger partial charge in [0.25, 0.3) is 0 Å². The van der Waals surface area contributed by atoms with Crippen LogP contribution >= 0.6 is 0 Å². The fourth-order valence-corrected chi connectivity index (χ4v) is 3.15. The van der Waals surface area contributed by atoms with Gasteiger partial charge in [-0.05, 0) is 23.6 Å². The minimum absolute atomic E-state index is 0.0488. The van der Waals surface area contributed by atoms with Gasteiger partial charge in [0.2, 0.25) is 10.0 Å². The first-order valence-electron chi connectivity index (χ1n) is 6.09. The van der Waals surface area contributed by atoms with E-state index >= 15 is 0 Å². The molecular weight excluding hydrogens is 269 g/mol. The molecule has 0 saturated heterocycles. The van der Waals surface area contributed by atoms with E-state index in [0.717, 1.165) is 0 Å². The summed E-state index contributed by atoms with van der Waals surface area (Å²) in [7, 11) is -1.86. The van der Waals surface area contributed by atoms with Gasteiger partial charge < -0.3 is 4.74 Å². The van der Waals surface area contributed by atoms with Crippen LogP contribution in [0.3, 0.4) is 0 Å². The molecule has 0 aliphatic carbocycles. The van der Waals surface area contributed by atoms with Crippen molar-refractivity contribution in [3.63, 3.8) is 0 Å². The number of ether oxygens (including phenoxy) is 1. The number of hydrogen-bond donors (Lipinski definition) is 1. The molecule has 19 heavy (non-hydrogen) atoms. The highest BCUT2D eigenvalue weighted by molar-refractivity contribution is 7.89. The van der Waals surface area contributed by atoms with Gasteiger partial charge in [0.05, 0.1) is 11.9 Å². The Balaban J connectivity index is 2.68. The van der Waals surface area contributed by atoms with Crippen LogP contribution in [0.25, 0.3) is 0 Å². The standard InChI is InChI=1S/C13H20FNO3S/c1-10(2)9-19(16,17)15-8-13(18-3)11-5-4-6-12(14)7-11/h4-7,10,13,15H,8-9H2,1-3H3/t13-/m0/s1. The van der Waals surface area contributed by atoms with E-state index in [1.165, 1.54) is 19.2 Å². The predicted octanol–water partition coefficient (Wildman–Crippen LogP) is 2.09. The van der Waals surface area contributed by atoms with Gasteiger partial charge in [-0.3, -0.25) is 0 Å². The summed E-state index contributed by atoms with van der Waals surface area (Å²) >= 11 is 0. The van der Waals surface area contributed by atoms with Crippen molar-refractivity contribution < 1.29 is 17.5 Å². The summed E-state index contributed by atoms with van der Waals surface area (Å²) in [5.41, 5.74) is 0.606. The van der Waals surface area contributed by atoms with Gasteiger partial charge in [-0.15, -0.1) is 0 Å². The van der Waals surface area contributed by atoms with Crippen molar-refractivity contribution >= 4 is 10.0 Å². The van der Waals surface area contributed by atoms with E-state index in [4.69, 9.17) is 4.74 Å². The van der Waals surface area contributed by atoms with Crippen LogP contribution in [0.2, 0.25) is 0 Å². The van der Waals surface area contributed by atoms with E-state index in [0.29, 0.717) is 5.56 Å². The Bertz CT molecular complexity index is 502. The quantitative estimate of drug-likeness (QED) is 0.836. The number of rotatable bonds is 7. The van der Waals surface area contributed by atoms with Crippen LogP contribution in [-0.2, 0) is 14.8 Å². The highest BCUT2D eigenvalue weighted by Gasteiger charge is 2.17. The van der Waals surface area contributed by atoms with Gasteiger partial charge in [0, 0.05) is 13.7 Å². The maximum absolute atomic E-state index is 13.1. The summed E-state index contributed by atoms with van der Waals surface area (Å²) in [6, 6.07) is 5.94. The van der Waals surface area contributed by atoms with Crippen LogP contribution in [0.4, 0.5) is 4.39 Å². The molecule has 0 bridgehead atoms. The lowest BCUT2D eigenvalue weighted by Crippen LogP contribution is -2.32. The normalized spacial score (nSPS) is 13.7. The highest BCUT2D eigenvalue weighted by Crippen LogP contribution is 2.17. The van der Waals surface area contributed by atoms with Crippen molar-refractivity contribution in [3.05, 3.63) is 35.6 Å². The van der Waals surface area contributed by atoms with Crippen molar-refractivity contribution in [2.24, 2.45) is 5.92 Å². The van der Waals surface area contributed by atoms with Gasteiger partial charge in [0.15, 0.2) is 0 Å². The van der Waals surface area contributed by atoms with Crippen LogP contribution in [0.1, 0.15) is 25.5 Å². The molecule has 0 saturated carbocycles. The molecule has 4 nitrogen and oxygen atoms in total. The minimum Gasteiger partial charge on any atom is -0.375 e. The third kappa shape index (κ3) is 5.67. The Kier molecular flexibility index (Phi) is 5.90. The average Bonchev–Trinajstić information content (AvgIpc) is 2.28. The number of nitrogens with one attached hydrogen (secondary N) is 1. The minimum atomic E-state index is -3.33. The summed E-state index contributed by atoms with van der Waals surface area (Å²) in [5, 5.41) is 0. The zero-order valence-corrected chi connectivity index (χ0v) is 12.2. The molecular formula is C13H20FNO3S. The molecule has 0 spiro atoms. The summed E-state index contributed by atoms with van der Waals surface area (Å²) in [6.07, 6.45) is -0.502. The van der Waals surface area contributed by atoms with Crippen molar-refractivity contribution in [3.8, 4) is 0 Å². The van der Waals surface area contributed by atoms with Crippen LogP contribution in [0, 0.1) is 11.7 Å². The molecule has 0 aliphatic heterocycles. The fraction of sp³-hybridized carbons (Fsp3) is 0.538. The molecule has 0 unspecified atom stereocenters. The molecule has 1 aromatic carbocycles. The van der Waals surface area contributed by atoms with Crippen molar-refractivity contribution in [2.45, 2.75) is 20.0 Å². The Labute approximate surface area is 114 Å². The number of methoxy groups -OCH3 is 1. The zero-order chi connectivity index (χ0) is 14.5. The zero-order valence-electron chi connectivity index (χ0n) is 11.4. The lowest BCUT2D eigenvalue weighted by atomic mass is 10.1. The molecule has 0 heterocycles. The Hall–Kier alpha value is -0.980. The molecule has 0 fully saturated rings. The van der Waals surface area contributed by atoms with Crippen LogP contribution in [0.15, 0.2) is 24.3 Å². The first kappa shape index (κ1) is 16.1. The molecule has 1 aromatic rings. The lowest BCUT2D eigenvalue weighted by Gasteiger charge is -2.17. The van der Waals surface area contributed by atoms with Crippen LogP contribution in [0.5, 0.6) is 0 Å². The molecule has 0 aliphatic rings. The summed E-state index contributed by atoms with van der Waals surface area (Å²) in [5.74, 6) is -0.260. The maximum Gasteiger partial charge on any atom is 0.211 e. The molecule has 1 rings (SSSR count). The first-order chi connectivity index (χ1) is 8.84. The van der Waals surface area contributed by atoms with E-state index in [1.54, 1.807) is 12.1 Å². The summed E-state index contributed by atoms with van der Waals surface area (Å²) in [6.45, 7) is 3.76. The van der Waals surface area contributed by atoms with Gasteiger partial charge in [-0.2, -0.15) is 0 Å². The smallest absolute Gasteiger partial charge is 0.211 e. The molecule has 108 valence electrons. The van der Waals surface area contributed by atoms with Crippen molar-refractivity contribution in [1.82, 2.24) is 4.72 Å². The number of sulfonamides is 1. The van der Waals surface area contributed by atoms with Crippen molar-refractivity contribution in [1.29, 1.82) is 0 Å². The predicted molar refractivity (Wildman–Crippen MR) is 72.8 cm³/mol. The third-order valence-corrected chi connectivity index (χ3v) is 4.26. The third-order valence-electron chi connectivity index (χ3n) is 2.55. The second kappa shape index (κ2) is 6.98. The second-order valence-corrected chi connectivity index (χ2v) is 6.65. The number of halogens is 1. The van der Waals surface area contributed by atoms with Gasteiger partial charge in [-0.1, -0.05) is 26.0 Å². The molecule has 0 aromatic heterocycles. The Morgan fingerprint density at radius 2 is 2.05 bits per heavy atom. The van der Waals surface area contributed by atoms with Gasteiger partial charge in [0.1, 0.15) is 5.82 Å². The second-order valence-electron chi connectivity index (χ2n) is 4.80. The highest BCUT2D eigenvalue weighted by atomic mass is 32.2. The van der Waals surface area contributed by atoms with Gasteiger partial charge >= 0.3 is 0 Å². The Morgan fingerprint density at radius 1 is 1.37 bits per heavy atom. The van der Waals surface area contributed by atoms with Crippen LogP contribution < -0.4 is 4.72 Å². The van der Waals surface area contributed by atoms with E-state index in [-0.39, 0.29) is 24.0 Å². The summed E-state index contributed by atoms with van der Waals surface area (Å²) < 4.78 is 44.2. The Morgan fingerprint density at radius 3 is 2.58 bits per heavy atom. The van der Waals surface area contributed by atoms with Crippen molar-refractivity contribution in [2.75, 3.05) is 19.4 Å².